The molecule has 1 N–H and O–H groups in total. The summed E-state index contributed by atoms with van der Waals surface area (Å²) in [7, 11) is 1.78. The number of nitrogens with zero attached hydrogens (tertiary/aromatic N) is 2. The molecule has 2 rings (SSSR count). The lowest BCUT2D eigenvalue weighted by Gasteiger charge is -2.17. The van der Waals surface area contributed by atoms with E-state index in [9.17, 15) is 4.79 Å². The number of nitrogens with one attached hydrogen (secondary N) is 1. The maximum absolute atomic E-state index is 12.3. The molecule has 0 fully saturated rings. The third-order valence-corrected chi connectivity index (χ3v) is 3.84. The van der Waals surface area contributed by atoms with Gasteiger partial charge in [-0.1, -0.05) is 0 Å². The van der Waals surface area contributed by atoms with Gasteiger partial charge in [0, 0.05) is 33.4 Å². The maximum atomic E-state index is 12.3. The largest absolute Gasteiger partial charge is 0.337 e. The van der Waals surface area contributed by atoms with E-state index in [4.69, 9.17) is 0 Å². The number of aromatic nitrogens is 2. The molecule has 1 aromatic heterocycles. The van der Waals surface area contributed by atoms with Gasteiger partial charge in [-0.25, -0.2) is 0 Å². The van der Waals surface area contributed by atoms with E-state index in [1.165, 1.54) is 0 Å². The molecule has 18 heavy (non-hydrogen) atoms. The van der Waals surface area contributed by atoms with E-state index in [-0.39, 0.29) is 5.91 Å². The van der Waals surface area contributed by atoms with Crippen LogP contribution in [0.5, 0.6) is 0 Å². The molecule has 0 radical (unpaired) electrons. The number of hydrogen-bond donors (Lipinski definition) is 1. The number of halogens is 2. The zero-order valence-electron chi connectivity index (χ0n) is 9.65. The number of rotatable bonds is 3. The summed E-state index contributed by atoms with van der Waals surface area (Å²) < 4.78 is 1.85. The Balaban J connectivity index is 2.17. The van der Waals surface area contributed by atoms with Gasteiger partial charge in [-0.05, 0) is 56.7 Å². The first kappa shape index (κ1) is 13.5. The van der Waals surface area contributed by atoms with Crippen molar-refractivity contribution in [1.29, 1.82) is 0 Å². The van der Waals surface area contributed by atoms with Crippen LogP contribution in [-0.4, -0.2) is 28.1 Å². The fourth-order valence-electron chi connectivity index (χ4n) is 1.58. The van der Waals surface area contributed by atoms with Crippen LogP contribution in [-0.2, 0) is 6.54 Å². The van der Waals surface area contributed by atoms with E-state index in [1.807, 2.05) is 18.2 Å². The number of carbonyl (C=O) groups is 1. The van der Waals surface area contributed by atoms with Gasteiger partial charge >= 0.3 is 0 Å². The van der Waals surface area contributed by atoms with Crippen molar-refractivity contribution in [1.82, 2.24) is 15.1 Å². The molecule has 0 aliphatic rings. The van der Waals surface area contributed by atoms with Gasteiger partial charge in [-0.3, -0.25) is 9.89 Å². The second-order valence-electron chi connectivity index (χ2n) is 3.89. The SMILES string of the molecule is CN(Cc1cn[nH]c1)C(=O)c1cc(I)ccc1Br. The first-order chi connectivity index (χ1) is 8.58. The topological polar surface area (TPSA) is 49.0 Å². The van der Waals surface area contributed by atoms with Gasteiger partial charge in [0.15, 0.2) is 0 Å². The average Bonchev–Trinajstić information content (AvgIpc) is 2.84. The highest BCUT2D eigenvalue weighted by Crippen LogP contribution is 2.21. The van der Waals surface area contributed by atoms with Crippen molar-refractivity contribution in [3.05, 3.63) is 49.8 Å². The molecule has 6 heteroatoms. The monoisotopic (exact) mass is 419 g/mol. The van der Waals surface area contributed by atoms with Crippen molar-refractivity contribution in [3.63, 3.8) is 0 Å². The minimum atomic E-state index is -0.0124. The second kappa shape index (κ2) is 5.83. The first-order valence-electron chi connectivity index (χ1n) is 5.26. The molecule has 0 bridgehead atoms. The van der Waals surface area contributed by atoms with Crippen LogP contribution in [0.15, 0.2) is 35.1 Å². The van der Waals surface area contributed by atoms with Gasteiger partial charge in [-0.2, -0.15) is 5.10 Å². The molecular weight excluding hydrogens is 409 g/mol. The number of amides is 1. The molecule has 2 aromatic rings. The van der Waals surface area contributed by atoms with Crippen molar-refractivity contribution < 1.29 is 4.79 Å². The van der Waals surface area contributed by atoms with E-state index in [0.29, 0.717) is 12.1 Å². The number of hydrogen-bond acceptors (Lipinski definition) is 2. The smallest absolute Gasteiger partial charge is 0.255 e. The lowest BCUT2D eigenvalue weighted by Crippen LogP contribution is -2.26. The molecule has 4 nitrogen and oxygen atoms in total. The predicted molar refractivity (Wildman–Crippen MR) is 81.2 cm³/mol. The Morgan fingerprint density at radius 2 is 2.33 bits per heavy atom. The molecule has 1 aromatic carbocycles. The molecule has 0 spiro atoms. The minimum absolute atomic E-state index is 0.0124. The molecule has 94 valence electrons. The van der Waals surface area contributed by atoms with Crippen molar-refractivity contribution in [2.45, 2.75) is 6.54 Å². The molecule has 1 heterocycles. The van der Waals surface area contributed by atoms with Crippen LogP contribution < -0.4 is 0 Å². The van der Waals surface area contributed by atoms with Crippen LogP contribution in [0, 0.1) is 3.57 Å². The number of carbonyl (C=O) groups excluding carboxylic acids is 1. The third-order valence-electron chi connectivity index (χ3n) is 2.48. The Labute approximate surface area is 127 Å². The lowest BCUT2D eigenvalue weighted by molar-refractivity contribution is 0.0784. The minimum Gasteiger partial charge on any atom is -0.337 e. The fourth-order valence-corrected chi connectivity index (χ4v) is 2.48. The van der Waals surface area contributed by atoms with E-state index in [1.54, 1.807) is 24.3 Å². The third kappa shape index (κ3) is 3.11. The number of benzene rings is 1. The number of aromatic amines is 1. The predicted octanol–water partition coefficient (Wildman–Crippen LogP) is 3.05. The Morgan fingerprint density at radius 3 is 3.00 bits per heavy atom. The maximum Gasteiger partial charge on any atom is 0.255 e. The molecule has 0 saturated heterocycles. The van der Waals surface area contributed by atoms with Gasteiger partial charge in [0.2, 0.25) is 0 Å². The highest BCUT2D eigenvalue weighted by atomic mass is 127. The van der Waals surface area contributed by atoms with Gasteiger partial charge < -0.3 is 4.90 Å². The van der Waals surface area contributed by atoms with Crippen LogP contribution in [0.25, 0.3) is 0 Å². The summed E-state index contributed by atoms with van der Waals surface area (Å²) in [5.41, 5.74) is 1.65. The normalized spacial score (nSPS) is 10.4. The van der Waals surface area contributed by atoms with Crippen molar-refractivity contribution in [2.24, 2.45) is 0 Å². The summed E-state index contributed by atoms with van der Waals surface area (Å²) in [5.74, 6) is -0.0124. The quantitative estimate of drug-likeness (QED) is 0.777. The van der Waals surface area contributed by atoms with Crippen LogP contribution in [0.1, 0.15) is 15.9 Å². The first-order valence-corrected chi connectivity index (χ1v) is 7.13. The molecule has 0 atom stereocenters. The van der Waals surface area contributed by atoms with Gasteiger partial charge in [-0.15, -0.1) is 0 Å². The molecule has 1 amide bonds. The van der Waals surface area contributed by atoms with Crippen LogP contribution in [0.4, 0.5) is 0 Å². The van der Waals surface area contributed by atoms with E-state index < -0.39 is 0 Å². The Bertz CT molecular complexity index is 556. The van der Waals surface area contributed by atoms with Gasteiger partial charge in [0.05, 0.1) is 11.8 Å². The molecule has 0 saturated carbocycles. The zero-order chi connectivity index (χ0) is 13.1. The second-order valence-corrected chi connectivity index (χ2v) is 5.99. The highest BCUT2D eigenvalue weighted by molar-refractivity contribution is 14.1. The van der Waals surface area contributed by atoms with E-state index in [0.717, 1.165) is 13.6 Å². The Kier molecular flexibility index (Phi) is 4.39. The van der Waals surface area contributed by atoms with E-state index in [2.05, 4.69) is 48.7 Å². The Hall–Kier alpha value is -0.890. The van der Waals surface area contributed by atoms with Crippen molar-refractivity contribution >= 4 is 44.4 Å². The van der Waals surface area contributed by atoms with Crippen LogP contribution in [0.3, 0.4) is 0 Å². The fraction of sp³-hybridized carbons (Fsp3) is 0.167. The highest BCUT2D eigenvalue weighted by Gasteiger charge is 2.15. The molecule has 0 unspecified atom stereocenters. The summed E-state index contributed by atoms with van der Waals surface area (Å²) in [6, 6.07) is 5.72. The van der Waals surface area contributed by atoms with Gasteiger partial charge in [0.25, 0.3) is 5.91 Å². The molecular formula is C12H11BrIN3O. The summed E-state index contributed by atoms with van der Waals surface area (Å²) >= 11 is 5.60. The summed E-state index contributed by atoms with van der Waals surface area (Å²) in [4.78, 5) is 14.0. The standard InChI is InChI=1S/C12H11BrIN3O/c1-17(7-8-5-15-16-6-8)12(18)10-4-9(14)2-3-11(10)13/h2-6H,7H2,1H3,(H,15,16). The van der Waals surface area contributed by atoms with Gasteiger partial charge in [0.1, 0.15) is 0 Å². The van der Waals surface area contributed by atoms with Crippen molar-refractivity contribution in [2.75, 3.05) is 7.05 Å². The van der Waals surface area contributed by atoms with Crippen LogP contribution in [0.2, 0.25) is 0 Å². The zero-order valence-corrected chi connectivity index (χ0v) is 13.4. The number of H-pyrrole nitrogens is 1. The summed E-state index contributed by atoms with van der Waals surface area (Å²) in [6.45, 7) is 0.535. The lowest BCUT2D eigenvalue weighted by atomic mass is 10.2. The van der Waals surface area contributed by atoms with E-state index >= 15 is 0 Å². The average molecular weight is 420 g/mol. The van der Waals surface area contributed by atoms with Crippen molar-refractivity contribution in [3.8, 4) is 0 Å². The molecule has 0 aliphatic carbocycles. The molecule has 0 aliphatic heterocycles. The summed E-state index contributed by atoms with van der Waals surface area (Å²) in [6.07, 6.45) is 3.50. The van der Waals surface area contributed by atoms with Crippen LogP contribution >= 0.6 is 38.5 Å². The summed E-state index contributed by atoms with van der Waals surface area (Å²) in [5, 5.41) is 6.60. The Morgan fingerprint density at radius 1 is 1.56 bits per heavy atom.